The minimum atomic E-state index is -5.36. The quantitative estimate of drug-likeness (QED) is 0.00484. The first-order chi connectivity index (χ1) is 63.7. The van der Waals surface area contributed by atoms with E-state index < -0.39 is 192 Å². The second-order valence-electron chi connectivity index (χ2n) is 29.1. The molecule has 0 saturated heterocycles. The van der Waals surface area contributed by atoms with E-state index in [0.717, 1.165) is 60.8 Å². The number of anilines is 8. The lowest BCUT2D eigenvalue weighted by Crippen LogP contribution is -2.29. The highest BCUT2D eigenvalue weighted by atomic mass is 32.3. The van der Waals surface area contributed by atoms with Crippen molar-refractivity contribution in [1.82, 2.24) is 39.0 Å². The first-order valence-electron chi connectivity index (χ1n) is 38.6. The largest absolute Gasteiger partial charge is 0.457 e. The van der Waals surface area contributed by atoms with Crippen LogP contribution in [0.3, 0.4) is 0 Å². The maximum Gasteiger partial charge on any atom is 0.457 e. The molecule has 2 aliphatic rings. The van der Waals surface area contributed by atoms with Gasteiger partial charge in [0.1, 0.15) is 51.1 Å². The van der Waals surface area contributed by atoms with E-state index in [-0.39, 0.29) is 129 Å². The van der Waals surface area contributed by atoms with Crippen molar-refractivity contribution in [3.63, 3.8) is 0 Å². The standard InChI is InChI=1S/C85H64N12O31S6/c1-96-62-32-30-56(70-72(62)68(52-26-12-14-28-54(52)78(70)100)74(80(96)102)76(98)45-19-16-18-44(34-45)42-129(105,106)107)86-58-38-61(64(132(113,114)120-4)36-47(58)41-122-126-128-134(117,118)127-125-104)89-83-91-67(93-85(95-83)124-50-23-10-7-11-24-50)40-66-90-82(94-84(92-66)123-49-21-8-6-9-22-49)88-59-39-60(65(133(115,116)121-5)37-48(59)43-130(108,109)110)87-57-31-33-63-73-69(53-27-13-15-29-55(53)79(101)71(57)73)75(81(103)97(63)2)77(99)46-20-17-25-51(35-46)131(111,112)119-3/h6-39,86-87,104H,40-43H2,1-5H3,(H,105,106,107)(H,108,109,110)(H,88,90,92,94)(H,89,91,93,95). The average molecular weight is 1940 g/mol. The highest BCUT2D eigenvalue weighted by molar-refractivity contribution is 7.87. The molecule has 4 heterocycles. The fourth-order valence-corrected chi connectivity index (χ4v) is 18.9. The van der Waals surface area contributed by atoms with E-state index in [0.29, 0.717) is 0 Å². The molecular weight excluding hydrogens is 1880 g/mol. The number of ether oxygens (including phenoxy) is 2. The Labute approximate surface area is 757 Å². The van der Waals surface area contributed by atoms with Gasteiger partial charge in [-0.3, -0.25) is 50.4 Å². The Bertz CT molecular complexity index is 8210. The van der Waals surface area contributed by atoms with Gasteiger partial charge in [-0.25, -0.2) is 10.1 Å². The zero-order valence-electron chi connectivity index (χ0n) is 69.3. The summed E-state index contributed by atoms with van der Waals surface area (Å²) >= 11 is 0. The zero-order valence-corrected chi connectivity index (χ0v) is 74.2. The number of rotatable bonds is 35. The second-order valence-corrected chi connectivity index (χ2v) is 38.2. The Morgan fingerprint density at radius 1 is 0.410 bits per heavy atom. The van der Waals surface area contributed by atoms with Gasteiger partial charge >= 0.3 is 22.4 Å². The Hall–Kier alpha value is -14.6. The minimum Gasteiger partial charge on any atom is -0.424 e. The van der Waals surface area contributed by atoms with E-state index in [2.05, 4.69) is 69.9 Å². The third kappa shape index (κ3) is 18.9. The molecule has 7 N–H and O–H groups in total. The van der Waals surface area contributed by atoms with Gasteiger partial charge in [0.15, 0.2) is 23.1 Å². The van der Waals surface area contributed by atoms with Gasteiger partial charge in [-0.1, -0.05) is 129 Å². The lowest BCUT2D eigenvalue weighted by Gasteiger charge is -2.26. The summed E-state index contributed by atoms with van der Waals surface area (Å²) in [5.74, 6) is -7.23. The molecule has 0 unspecified atom stereocenters. The number of benzene rings is 10. The van der Waals surface area contributed by atoms with Gasteiger partial charge in [-0.15, -0.1) is 0 Å². The molecule has 0 atom stereocenters. The number of ketones is 4. The normalized spacial score (nSPS) is 12.6. The predicted molar refractivity (Wildman–Crippen MR) is 471 cm³/mol. The Balaban J connectivity index is 0.827. The number of hydrogen-bond acceptors (Lipinski definition) is 39. The third-order valence-electron chi connectivity index (χ3n) is 20.8. The van der Waals surface area contributed by atoms with Crippen molar-refractivity contribution in [2.75, 3.05) is 42.6 Å². The fourth-order valence-electron chi connectivity index (χ4n) is 15.1. The van der Waals surface area contributed by atoms with Gasteiger partial charge in [0, 0.05) is 75.2 Å². The molecule has 0 saturated carbocycles. The van der Waals surface area contributed by atoms with Gasteiger partial charge in [0.2, 0.25) is 11.9 Å². The smallest absolute Gasteiger partial charge is 0.424 e. The van der Waals surface area contributed by atoms with Crippen LogP contribution < -0.4 is 41.9 Å². The molecule has 0 spiro atoms. The number of nitrogens with one attached hydrogen (secondary N) is 4. The van der Waals surface area contributed by atoms with Gasteiger partial charge < -0.3 is 39.9 Å². The summed E-state index contributed by atoms with van der Waals surface area (Å²) in [4.78, 5) is 121. The molecule has 16 rings (SSSR count). The number of fused-ring (bicyclic) bond motifs is 4. The lowest BCUT2D eigenvalue weighted by molar-refractivity contribution is -0.490. The predicted octanol–water partition coefficient (Wildman–Crippen LogP) is 10.6. The summed E-state index contributed by atoms with van der Waals surface area (Å²) in [6.07, 6.45) is -0.659. The van der Waals surface area contributed by atoms with Crippen LogP contribution in [0.15, 0.2) is 231 Å². The highest BCUT2D eigenvalue weighted by Gasteiger charge is 2.39. The van der Waals surface area contributed by atoms with Crippen molar-refractivity contribution < 1.29 is 130 Å². The molecule has 0 aliphatic heterocycles. The van der Waals surface area contributed by atoms with Crippen LogP contribution in [-0.4, -0.2) is 148 Å². The first kappa shape index (κ1) is 92.6. The van der Waals surface area contributed by atoms with Crippen LogP contribution in [0.1, 0.15) is 92.0 Å². The summed E-state index contributed by atoms with van der Waals surface area (Å²) in [5.41, 5.74) is -6.51. The van der Waals surface area contributed by atoms with E-state index in [9.17, 15) is 74.0 Å². The number of aromatic nitrogens is 8. The van der Waals surface area contributed by atoms with Gasteiger partial charge in [-0.2, -0.15) is 80.4 Å². The van der Waals surface area contributed by atoms with Gasteiger partial charge in [-0.05, 0) is 118 Å². The zero-order chi connectivity index (χ0) is 95.4. The van der Waals surface area contributed by atoms with E-state index in [4.69, 9.17) is 32.2 Å². The van der Waals surface area contributed by atoms with Crippen LogP contribution >= 0.6 is 0 Å². The molecule has 10 aromatic carbocycles. The van der Waals surface area contributed by atoms with Crippen molar-refractivity contribution in [2.24, 2.45) is 14.1 Å². The second kappa shape index (κ2) is 36.5. The summed E-state index contributed by atoms with van der Waals surface area (Å²) in [6.45, 7) is -1.04. The van der Waals surface area contributed by atoms with Crippen molar-refractivity contribution in [2.45, 2.75) is 39.2 Å². The van der Waals surface area contributed by atoms with Gasteiger partial charge in [0.25, 0.3) is 61.7 Å². The van der Waals surface area contributed by atoms with Crippen molar-refractivity contribution >= 4 is 152 Å². The molecule has 4 aromatic heterocycles. The molecule has 134 heavy (non-hydrogen) atoms. The molecule has 0 radical (unpaired) electrons. The fraction of sp³-hybridized carbons (Fsp3) is 0.106. The Morgan fingerprint density at radius 3 is 1.32 bits per heavy atom. The lowest BCUT2D eigenvalue weighted by atomic mass is 9.80. The van der Waals surface area contributed by atoms with Crippen molar-refractivity contribution in [3.8, 4) is 45.8 Å². The molecule has 14 aromatic rings. The number of pyridine rings is 2. The topological polar surface area (TPSA) is 596 Å². The molecule has 49 heteroatoms. The van der Waals surface area contributed by atoms with Crippen molar-refractivity contribution in [3.05, 3.63) is 300 Å². The number of nitrogens with zero attached hydrogens (tertiary/aromatic N) is 8. The van der Waals surface area contributed by atoms with E-state index >= 15 is 14.4 Å². The third-order valence-corrected chi connectivity index (χ3v) is 26.6. The highest BCUT2D eigenvalue weighted by Crippen LogP contribution is 2.49. The van der Waals surface area contributed by atoms with Crippen LogP contribution in [0.25, 0.3) is 44.1 Å². The summed E-state index contributed by atoms with van der Waals surface area (Å²) in [7, 11) is -24.5. The Morgan fingerprint density at radius 2 is 0.843 bits per heavy atom. The number of aryl methyl sites for hydroxylation is 2. The monoisotopic (exact) mass is 1940 g/mol. The SMILES string of the molecule is COS(=O)(=O)c1cccc(C(=O)c2c3c4c(c(Nc5cc(Nc6nc(Cc7nc(Nc8cc(Nc9ccc%10c%11c9C(=O)c9ccccc9-c%11c(C(=O)c9cccc(CS(=O)(=O)O)c9)c(=O)n%10C)c(COOOS(=O)(=O)OOO)cc8S(=O)(=O)OC)nc(Oc8ccccc8)n7)nc(Oc7ccccc7)n6)c(CS(=O)(=O)O)cc5S(=O)(=O)OC)ccc4n(C)c2=O)C(=O)c2ccccc2-3)c1. The number of carbonyl (C=O) groups excluding carboxylic acids is 4. The van der Waals surface area contributed by atoms with Crippen LogP contribution in [0.5, 0.6) is 23.5 Å². The van der Waals surface area contributed by atoms with E-state index in [1.165, 1.54) is 141 Å². The summed E-state index contributed by atoms with van der Waals surface area (Å²) < 4.78 is 216. The molecule has 686 valence electrons. The molecule has 2 aliphatic carbocycles. The molecule has 0 fully saturated rings. The average Bonchev–Trinajstić information content (AvgIpc) is 0.708. The molecule has 0 amide bonds. The number of carbonyl (C=O) groups is 4. The number of para-hydroxylation sites is 2. The minimum absolute atomic E-state index is 0.00587. The van der Waals surface area contributed by atoms with Crippen LogP contribution in [0.4, 0.5) is 46.0 Å². The molecular formula is C85H64N12O31S6. The van der Waals surface area contributed by atoms with Gasteiger partial charge in [0.05, 0.1) is 88.7 Å². The van der Waals surface area contributed by atoms with Crippen LogP contribution in [0.2, 0.25) is 0 Å². The molecule has 0 bridgehead atoms. The van der Waals surface area contributed by atoms with Crippen LogP contribution in [-0.2, 0) is 136 Å². The summed E-state index contributed by atoms with van der Waals surface area (Å²) in [5, 5.41) is 28.1. The maximum absolute atomic E-state index is 15.4. The number of hydrogen-bond donors (Lipinski definition) is 7. The van der Waals surface area contributed by atoms with Crippen molar-refractivity contribution in [1.29, 1.82) is 0 Å². The molecule has 43 nitrogen and oxygen atoms in total. The first-order valence-corrected chi connectivity index (χ1v) is 47.4. The van der Waals surface area contributed by atoms with Crippen LogP contribution in [0, 0.1) is 0 Å². The van der Waals surface area contributed by atoms with E-state index in [1.807, 2.05) is 0 Å². The maximum atomic E-state index is 15.4. The van der Waals surface area contributed by atoms with E-state index in [1.54, 1.807) is 48.5 Å². The summed E-state index contributed by atoms with van der Waals surface area (Å²) in [6, 6.07) is 45.6. The Kier molecular flexibility index (Phi) is 25.2.